The number of carbonyl (C=O) groups excluding carboxylic acids is 4. The molecular weight excluding hydrogens is 408 g/mol. The minimum atomic E-state index is -1.35. The third kappa shape index (κ3) is 4.27. The van der Waals surface area contributed by atoms with Crippen molar-refractivity contribution >= 4 is 23.9 Å². The lowest BCUT2D eigenvalue weighted by Gasteiger charge is -2.33. The van der Waals surface area contributed by atoms with Crippen LogP contribution in [0.1, 0.15) is 33.6 Å². The summed E-state index contributed by atoms with van der Waals surface area (Å²) in [6, 6.07) is 0. The largest absolute Gasteiger partial charge is 0.466 e. The zero-order valence-corrected chi connectivity index (χ0v) is 18.0. The molecule has 6 atom stereocenters. The molecule has 0 unspecified atom stereocenters. The predicted molar refractivity (Wildman–Crippen MR) is 105 cm³/mol. The first-order valence-corrected chi connectivity index (χ1v) is 9.90. The minimum absolute atomic E-state index is 0.00851. The summed E-state index contributed by atoms with van der Waals surface area (Å²) in [6.07, 6.45) is -1.45. The van der Waals surface area contributed by atoms with Crippen LogP contribution in [-0.2, 0) is 42.9 Å². The molecule has 9 heteroatoms. The van der Waals surface area contributed by atoms with Gasteiger partial charge in [-0.15, -0.1) is 0 Å². The monoisotopic (exact) mass is 434 g/mol. The van der Waals surface area contributed by atoms with E-state index in [2.05, 4.69) is 13.2 Å². The van der Waals surface area contributed by atoms with Crippen LogP contribution in [0.25, 0.3) is 0 Å². The van der Waals surface area contributed by atoms with Gasteiger partial charge < -0.3 is 23.7 Å². The van der Waals surface area contributed by atoms with Crippen molar-refractivity contribution < 1.29 is 42.9 Å². The first-order chi connectivity index (χ1) is 14.5. The molecule has 168 valence electrons. The summed E-state index contributed by atoms with van der Waals surface area (Å²) in [5, 5.41) is 0. The summed E-state index contributed by atoms with van der Waals surface area (Å²) >= 11 is 0. The van der Waals surface area contributed by atoms with Crippen LogP contribution in [0, 0.1) is 5.92 Å². The summed E-state index contributed by atoms with van der Waals surface area (Å²) in [5.74, 6) is -3.84. The summed E-state index contributed by atoms with van der Waals surface area (Å²) in [7, 11) is 1.19. The van der Waals surface area contributed by atoms with Crippen molar-refractivity contribution in [3.63, 3.8) is 0 Å². The van der Waals surface area contributed by atoms with E-state index in [0.717, 1.165) is 6.92 Å². The second-order valence-corrected chi connectivity index (χ2v) is 8.14. The van der Waals surface area contributed by atoms with Crippen LogP contribution in [0.3, 0.4) is 0 Å². The molecule has 0 amide bonds. The highest BCUT2D eigenvalue weighted by molar-refractivity contribution is 5.93. The van der Waals surface area contributed by atoms with Crippen LogP contribution in [-0.4, -0.2) is 61.0 Å². The average Bonchev–Trinajstić information content (AvgIpc) is 3.28. The van der Waals surface area contributed by atoms with Gasteiger partial charge in [0.2, 0.25) is 0 Å². The Morgan fingerprint density at radius 1 is 1.23 bits per heavy atom. The number of carbonyl (C=O) groups is 4. The third-order valence-corrected chi connectivity index (χ3v) is 5.77. The summed E-state index contributed by atoms with van der Waals surface area (Å²) in [4.78, 5) is 49.5. The Labute approximate surface area is 180 Å². The van der Waals surface area contributed by atoms with E-state index in [-0.39, 0.29) is 16.7 Å². The zero-order chi connectivity index (χ0) is 23.1. The van der Waals surface area contributed by atoms with Crippen molar-refractivity contribution in [2.75, 3.05) is 7.11 Å². The van der Waals surface area contributed by atoms with Gasteiger partial charge in [0.1, 0.15) is 12.2 Å². The van der Waals surface area contributed by atoms with E-state index < -0.39 is 59.8 Å². The Hall–Kier alpha value is -2.94. The number of ether oxygens (including phenoxy) is 5. The molecule has 3 aliphatic rings. The van der Waals surface area contributed by atoms with Gasteiger partial charge in [0.05, 0.1) is 24.2 Å². The number of rotatable bonds is 4. The predicted octanol–water partition coefficient (Wildman–Crippen LogP) is 1.55. The average molecular weight is 434 g/mol. The quantitative estimate of drug-likeness (QED) is 0.281. The minimum Gasteiger partial charge on any atom is -0.466 e. The summed E-state index contributed by atoms with van der Waals surface area (Å²) in [6.45, 7) is 11.9. The van der Waals surface area contributed by atoms with Crippen LogP contribution in [0.4, 0.5) is 0 Å². The molecule has 0 aromatic carbocycles. The Bertz CT molecular complexity index is 885. The molecule has 9 nitrogen and oxygen atoms in total. The number of epoxide rings is 1. The number of esters is 4. The van der Waals surface area contributed by atoms with Crippen LogP contribution in [0.2, 0.25) is 0 Å². The van der Waals surface area contributed by atoms with Gasteiger partial charge >= 0.3 is 23.9 Å². The van der Waals surface area contributed by atoms with E-state index in [0.29, 0.717) is 12.8 Å². The topological polar surface area (TPSA) is 118 Å². The van der Waals surface area contributed by atoms with E-state index in [9.17, 15) is 19.2 Å². The maximum atomic E-state index is 12.6. The molecule has 0 bridgehead atoms. The normalized spacial score (nSPS) is 34.3. The van der Waals surface area contributed by atoms with Gasteiger partial charge in [-0.25, -0.2) is 14.4 Å². The summed E-state index contributed by atoms with van der Waals surface area (Å²) in [5.41, 5.74) is -0.486. The molecule has 0 radical (unpaired) electrons. The Morgan fingerprint density at radius 2 is 1.90 bits per heavy atom. The Balaban J connectivity index is 2.17. The van der Waals surface area contributed by atoms with Gasteiger partial charge in [0.25, 0.3) is 0 Å². The highest BCUT2D eigenvalue weighted by Crippen LogP contribution is 2.50. The molecule has 0 aromatic rings. The fraction of sp³-hybridized carbons (Fsp3) is 0.545. The van der Waals surface area contributed by atoms with Crippen LogP contribution < -0.4 is 0 Å². The standard InChI is InChI=1S/C22H26O9/c1-10(2)19(24)29-16-14-11(3)20(25)30-17(14)18-22(5,31-18)9-7-8-13(21(26)27-6)15(16)28-12(4)23/h8,14-18H,1,3,7,9H2,2,4-6H3/t14-,15-,16-,17-,18+,22+/m1/s1. The van der Waals surface area contributed by atoms with E-state index in [1.54, 1.807) is 6.08 Å². The molecule has 2 fully saturated rings. The van der Waals surface area contributed by atoms with Gasteiger partial charge in [0, 0.05) is 18.1 Å². The second kappa shape index (κ2) is 8.30. The molecule has 0 N–H and O–H groups in total. The number of methoxy groups -OCH3 is 1. The van der Waals surface area contributed by atoms with Crippen molar-refractivity contribution in [2.24, 2.45) is 5.92 Å². The molecule has 2 saturated heterocycles. The van der Waals surface area contributed by atoms with Crippen molar-refractivity contribution in [1.29, 1.82) is 0 Å². The molecule has 31 heavy (non-hydrogen) atoms. The maximum absolute atomic E-state index is 12.6. The van der Waals surface area contributed by atoms with Crippen molar-refractivity contribution in [3.8, 4) is 0 Å². The van der Waals surface area contributed by atoms with Gasteiger partial charge in [-0.05, 0) is 26.7 Å². The fourth-order valence-electron chi connectivity index (χ4n) is 4.10. The van der Waals surface area contributed by atoms with Gasteiger partial charge in [0.15, 0.2) is 12.2 Å². The number of fused-ring (bicyclic) bond motifs is 3. The molecule has 0 spiro atoms. The molecule has 0 saturated carbocycles. The van der Waals surface area contributed by atoms with E-state index in [4.69, 9.17) is 23.7 Å². The van der Waals surface area contributed by atoms with Crippen molar-refractivity contribution in [2.45, 2.75) is 63.6 Å². The highest BCUT2D eigenvalue weighted by Gasteiger charge is 2.64. The van der Waals surface area contributed by atoms with Crippen molar-refractivity contribution in [1.82, 2.24) is 0 Å². The Morgan fingerprint density at radius 3 is 2.48 bits per heavy atom. The molecule has 2 aliphatic heterocycles. The van der Waals surface area contributed by atoms with E-state index in [1.807, 2.05) is 6.92 Å². The van der Waals surface area contributed by atoms with Crippen molar-refractivity contribution in [3.05, 3.63) is 36.0 Å². The van der Waals surface area contributed by atoms with Crippen LogP contribution in [0.5, 0.6) is 0 Å². The number of hydrogen-bond donors (Lipinski definition) is 0. The molecule has 3 rings (SSSR count). The molecular formula is C22H26O9. The zero-order valence-electron chi connectivity index (χ0n) is 18.0. The SMILES string of the molecule is C=C(C)C(=O)O[C@@H]1[C@H]2C(=C)C(=O)O[C@H]2[C@@H]2O[C@@]2(C)CCC=C(C(=O)OC)[C@H]1OC(C)=O. The summed E-state index contributed by atoms with van der Waals surface area (Å²) < 4.78 is 27.4. The maximum Gasteiger partial charge on any atom is 0.337 e. The lowest BCUT2D eigenvalue weighted by Crippen LogP contribution is -2.48. The second-order valence-electron chi connectivity index (χ2n) is 8.14. The van der Waals surface area contributed by atoms with E-state index in [1.165, 1.54) is 14.0 Å². The number of allylic oxidation sites excluding steroid dienone is 1. The molecule has 1 aliphatic carbocycles. The van der Waals surface area contributed by atoms with Crippen LogP contribution >= 0.6 is 0 Å². The van der Waals surface area contributed by atoms with Gasteiger partial charge in [-0.3, -0.25) is 4.79 Å². The van der Waals surface area contributed by atoms with Crippen LogP contribution in [0.15, 0.2) is 36.0 Å². The first kappa shape index (κ1) is 22.7. The molecule has 2 heterocycles. The number of hydrogen-bond acceptors (Lipinski definition) is 9. The first-order valence-electron chi connectivity index (χ1n) is 9.90. The lowest BCUT2D eigenvalue weighted by molar-refractivity contribution is -0.168. The fourth-order valence-corrected chi connectivity index (χ4v) is 4.10. The highest BCUT2D eigenvalue weighted by atomic mass is 16.7. The van der Waals surface area contributed by atoms with Gasteiger partial charge in [-0.2, -0.15) is 0 Å². The third-order valence-electron chi connectivity index (χ3n) is 5.77. The van der Waals surface area contributed by atoms with E-state index >= 15 is 0 Å². The van der Waals surface area contributed by atoms with Gasteiger partial charge in [-0.1, -0.05) is 19.2 Å². The molecule has 0 aromatic heterocycles. The Kier molecular flexibility index (Phi) is 6.09. The smallest absolute Gasteiger partial charge is 0.337 e. The lowest BCUT2D eigenvalue weighted by atomic mass is 9.80.